The van der Waals surface area contributed by atoms with Gasteiger partial charge in [0.2, 0.25) is 0 Å². The molecule has 0 aliphatic carbocycles. The van der Waals surface area contributed by atoms with Gasteiger partial charge in [-0.2, -0.15) is 0 Å². The highest BCUT2D eigenvalue weighted by atomic mass is 16.5. The number of esters is 1. The van der Waals surface area contributed by atoms with E-state index in [-0.39, 0.29) is 5.97 Å². The zero-order valence-corrected chi connectivity index (χ0v) is 14.7. The van der Waals surface area contributed by atoms with E-state index in [0.717, 1.165) is 24.8 Å². The Kier molecular flexibility index (Phi) is 10.7. The highest BCUT2D eigenvalue weighted by Crippen LogP contribution is 2.18. The third-order valence-corrected chi connectivity index (χ3v) is 3.49. The Morgan fingerprint density at radius 1 is 1.10 bits per heavy atom. The Bertz CT molecular complexity index is 400. The normalized spacial score (nSPS) is 15.0. The topological polar surface area (TPSA) is 26.3 Å². The first-order chi connectivity index (χ1) is 9.88. The molecule has 0 N–H and O–H groups in total. The number of carbonyl (C=O) groups is 1. The Morgan fingerprint density at radius 2 is 1.76 bits per heavy atom. The molecule has 1 unspecified atom stereocenters. The van der Waals surface area contributed by atoms with E-state index < -0.39 is 0 Å². The molecule has 0 rings (SSSR count). The van der Waals surface area contributed by atoms with Gasteiger partial charge in [-0.1, -0.05) is 37.1 Å². The van der Waals surface area contributed by atoms with Crippen molar-refractivity contribution in [2.24, 2.45) is 5.92 Å². The van der Waals surface area contributed by atoms with Crippen molar-refractivity contribution < 1.29 is 9.53 Å². The van der Waals surface area contributed by atoms with E-state index in [9.17, 15) is 4.79 Å². The molecule has 0 spiro atoms. The second-order valence-electron chi connectivity index (χ2n) is 5.92. The van der Waals surface area contributed by atoms with Crippen LogP contribution in [0, 0.1) is 5.92 Å². The second-order valence-corrected chi connectivity index (χ2v) is 5.92. The summed E-state index contributed by atoms with van der Waals surface area (Å²) >= 11 is 0. The van der Waals surface area contributed by atoms with E-state index in [1.165, 1.54) is 17.6 Å². The molecule has 2 heteroatoms. The molecule has 0 aromatic carbocycles. The van der Waals surface area contributed by atoms with Crippen LogP contribution in [-0.4, -0.2) is 12.6 Å². The molecule has 0 heterocycles. The standard InChI is InChI=1S/C19H32O2/c1-7-15(3)10-9-11-16(4)12-17(5)13-18(6)14-19(20)21-8-2/h10,13-14,16H,7-9,11-12H2,1-6H3. The van der Waals surface area contributed by atoms with Crippen molar-refractivity contribution in [3.8, 4) is 0 Å². The average Bonchev–Trinajstić information content (AvgIpc) is 2.37. The molecule has 120 valence electrons. The minimum Gasteiger partial charge on any atom is -0.463 e. The van der Waals surface area contributed by atoms with Crippen LogP contribution >= 0.6 is 0 Å². The fourth-order valence-corrected chi connectivity index (χ4v) is 2.27. The molecule has 1 atom stereocenters. The summed E-state index contributed by atoms with van der Waals surface area (Å²) in [6, 6.07) is 0. The van der Waals surface area contributed by atoms with Gasteiger partial charge >= 0.3 is 5.97 Å². The SMILES string of the molecule is CCOC(=O)C=C(C)C=C(C)CC(C)CCC=C(C)CC. The molecule has 0 radical (unpaired) electrons. The van der Waals surface area contributed by atoms with Crippen molar-refractivity contribution in [1.82, 2.24) is 0 Å². The molecule has 0 saturated carbocycles. The van der Waals surface area contributed by atoms with Gasteiger partial charge in [0, 0.05) is 6.08 Å². The lowest BCUT2D eigenvalue weighted by molar-refractivity contribution is -0.137. The van der Waals surface area contributed by atoms with Crippen LogP contribution in [0.1, 0.15) is 67.2 Å². The zero-order valence-electron chi connectivity index (χ0n) is 14.7. The van der Waals surface area contributed by atoms with E-state index in [0.29, 0.717) is 12.5 Å². The van der Waals surface area contributed by atoms with E-state index in [1.54, 1.807) is 6.08 Å². The molecule has 0 aromatic rings. The lowest BCUT2D eigenvalue weighted by Gasteiger charge is -2.11. The minimum atomic E-state index is -0.257. The van der Waals surface area contributed by atoms with Crippen LogP contribution < -0.4 is 0 Å². The molecule has 0 aliphatic rings. The first kappa shape index (κ1) is 19.7. The smallest absolute Gasteiger partial charge is 0.330 e. The van der Waals surface area contributed by atoms with Gasteiger partial charge in [0.25, 0.3) is 0 Å². The zero-order chi connectivity index (χ0) is 16.3. The third-order valence-electron chi connectivity index (χ3n) is 3.49. The van der Waals surface area contributed by atoms with Crippen LogP contribution in [0.25, 0.3) is 0 Å². The number of ether oxygens (including phenoxy) is 1. The second kappa shape index (κ2) is 11.4. The molecular weight excluding hydrogens is 260 g/mol. The molecule has 0 amide bonds. The highest BCUT2D eigenvalue weighted by molar-refractivity contribution is 5.83. The quantitative estimate of drug-likeness (QED) is 0.239. The van der Waals surface area contributed by atoms with E-state index in [2.05, 4.69) is 39.8 Å². The monoisotopic (exact) mass is 292 g/mol. The van der Waals surface area contributed by atoms with Crippen LogP contribution in [0.2, 0.25) is 0 Å². The van der Waals surface area contributed by atoms with Crippen LogP contribution in [0.3, 0.4) is 0 Å². The summed E-state index contributed by atoms with van der Waals surface area (Å²) in [4.78, 5) is 11.4. The highest BCUT2D eigenvalue weighted by Gasteiger charge is 2.03. The maximum atomic E-state index is 11.4. The van der Waals surface area contributed by atoms with Crippen molar-refractivity contribution in [3.63, 3.8) is 0 Å². The molecule has 0 bridgehead atoms. The molecule has 21 heavy (non-hydrogen) atoms. The molecular formula is C19H32O2. The molecule has 0 fully saturated rings. The maximum absolute atomic E-state index is 11.4. The van der Waals surface area contributed by atoms with Gasteiger partial charge in [0.15, 0.2) is 0 Å². The lowest BCUT2D eigenvalue weighted by Crippen LogP contribution is -2.00. The van der Waals surface area contributed by atoms with Crippen molar-refractivity contribution >= 4 is 5.97 Å². The lowest BCUT2D eigenvalue weighted by atomic mass is 9.95. The summed E-state index contributed by atoms with van der Waals surface area (Å²) in [5.41, 5.74) is 3.75. The number of hydrogen-bond acceptors (Lipinski definition) is 2. The Hall–Kier alpha value is -1.31. The van der Waals surface area contributed by atoms with Crippen LogP contribution in [-0.2, 0) is 9.53 Å². The van der Waals surface area contributed by atoms with Crippen molar-refractivity contribution in [3.05, 3.63) is 34.9 Å². The number of rotatable bonds is 9. The Morgan fingerprint density at radius 3 is 2.33 bits per heavy atom. The van der Waals surface area contributed by atoms with Crippen LogP contribution in [0.5, 0.6) is 0 Å². The minimum absolute atomic E-state index is 0.257. The molecule has 0 aliphatic heterocycles. The van der Waals surface area contributed by atoms with Crippen molar-refractivity contribution in [2.75, 3.05) is 6.61 Å². The third kappa shape index (κ3) is 11.1. The van der Waals surface area contributed by atoms with Gasteiger partial charge < -0.3 is 4.74 Å². The summed E-state index contributed by atoms with van der Waals surface area (Å²) in [6.45, 7) is 13.0. The van der Waals surface area contributed by atoms with Crippen LogP contribution in [0.4, 0.5) is 0 Å². The van der Waals surface area contributed by atoms with Crippen molar-refractivity contribution in [2.45, 2.75) is 67.2 Å². The average molecular weight is 292 g/mol. The Balaban J connectivity index is 4.30. The summed E-state index contributed by atoms with van der Waals surface area (Å²) < 4.78 is 4.91. The van der Waals surface area contributed by atoms with Gasteiger partial charge in [-0.05, 0) is 64.9 Å². The van der Waals surface area contributed by atoms with E-state index >= 15 is 0 Å². The van der Waals surface area contributed by atoms with Gasteiger partial charge in [0.05, 0.1) is 6.61 Å². The first-order valence-electron chi connectivity index (χ1n) is 8.06. The van der Waals surface area contributed by atoms with E-state index in [1.807, 2.05) is 13.8 Å². The maximum Gasteiger partial charge on any atom is 0.330 e. The summed E-state index contributed by atoms with van der Waals surface area (Å²) in [5, 5.41) is 0. The molecule has 0 aromatic heterocycles. The predicted octanol–water partition coefficient (Wildman–Crippen LogP) is 5.60. The van der Waals surface area contributed by atoms with Gasteiger partial charge in [-0.15, -0.1) is 0 Å². The summed E-state index contributed by atoms with van der Waals surface area (Å²) in [6.07, 6.45) is 10.6. The van der Waals surface area contributed by atoms with E-state index in [4.69, 9.17) is 4.74 Å². The predicted molar refractivity (Wildman–Crippen MR) is 91.2 cm³/mol. The van der Waals surface area contributed by atoms with Gasteiger partial charge in [-0.25, -0.2) is 4.79 Å². The van der Waals surface area contributed by atoms with Gasteiger partial charge in [0.1, 0.15) is 0 Å². The first-order valence-corrected chi connectivity index (χ1v) is 8.06. The van der Waals surface area contributed by atoms with Crippen LogP contribution in [0.15, 0.2) is 34.9 Å². The van der Waals surface area contributed by atoms with Crippen molar-refractivity contribution in [1.29, 1.82) is 0 Å². The molecule has 0 saturated heterocycles. The summed E-state index contributed by atoms with van der Waals surface area (Å²) in [5.74, 6) is 0.407. The summed E-state index contributed by atoms with van der Waals surface area (Å²) in [7, 11) is 0. The number of hydrogen-bond donors (Lipinski definition) is 0. The Labute approximate surface area is 131 Å². The number of carbonyl (C=O) groups excluding carboxylic acids is 1. The largest absolute Gasteiger partial charge is 0.463 e. The fraction of sp³-hybridized carbons (Fsp3) is 0.632. The number of allylic oxidation sites excluding steroid dienone is 5. The fourth-order valence-electron chi connectivity index (χ4n) is 2.27. The van der Waals surface area contributed by atoms with Gasteiger partial charge in [-0.3, -0.25) is 0 Å². The molecule has 2 nitrogen and oxygen atoms in total.